The van der Waals surface area contributed by atoms with E-state index in [-0.39, 0.29) is 18.1 Å². The summed E-state index contributed by atoms with van der Waals surface area (Å²) in [5, 5.41) is 25.8. The Bertz CT molecular complexity index is 636. The van der Waals surface area contributed by atoms with Gasteiger partial charge in [-0.05, 0) is 6.92 Å². The fraction of sp³-hybridized carbons (Fsp3) is 0.400. The van der Waals surface area contributed by atoms with Crippen LogP contribution in [0.25, 0.3) is 0 Å². The van der Waals surface area contributed by atoms with Gasteiger partial charge in [-0.25, -0.2) is 0 Å². The van der Waals surface area contributed by atoms with Crippen molar-refractivity contribution in [3.05, 3.63) is 27.5 Å². The molecule has 20 heavy (non-hydrogen) atoms. The largest absolute Gasteiger partial charge is 0.306 e. The first-order valence-corrected chi connectivity index (χ1v) is 6.55. The predicted molar refractivity (Wildman–Crippen MR) is 71.3 cm³/mol. The Morgan fingerprint density at radius 1 is 1.60 bits per heavy atom. The average molecular weight is 296 g/mol. The van der Waals surface area contributed by atoms with E-state index in [1.54, 1.807) is 13.8 Å². The lowest BCUT2D eigenvalue weighted by molar-refractivity contribution is -0.385. The standard InChI is InChI=1S/C10H12N6O3S/c1-6(4-15-5-8(3-11-15)16(18)19)9(17)12-10-14-13-7(2)20-10/h3,5-6H,4H2,1-2H3,(H,12,14,17)/t6-/m0/s1. The summed E-state index contributed by atoms with van der Waals surface area (Å²) in [6.07, 6.45) is 2.44. The number of nitrogens with zero attached hydrogens (tertiary/aromatic N) is 5. The molecule has 0 fully saturated rings. The van der Waals surface area contributed by atoms with Crippen LogP contribution in [-0.4, -0.2) is 30.8 Å². The Kier molecular flexibility index (Phi) is 4.03. The zero-order chi connectivity index (χ0) is 14.7. The Morgan fingerprint density at radius 3 is 2.90 bits per heavy atom. The van der Waals surface area contributed by atoms with E-state index >= 15 is 0 Å². The number of carbonyl (C=O) groups excluding carboxylic acids is 1. The van der Waals surface area contributed by atoms with Crippen LogP contribution in [-0.2, 0) is 11.3 Å². The van der Waals surface area contributed by atoms with Gasteiger partial charge in [-0.1, -0.05) is 18.3 Å². The number of nitro groups is 1. The minimum absolute atomic E-state index is 0.0997. The molecule has 9 nitrogen and oxygen atoms in total. The Hall–Kier alpha value is -2.36. The number of carbonyl (C=O) groups is 1. The first-order chi connectivity index (χ1) is 9.45. The van der Waals surface area contributed by atoms with E-state index in [0.29, 0.717) is 5.13 Å². The van der Waals surface area contributed by atoms with Crippen LogP contribution in [0, 0.1) is 23.0 Å². The second kappa shape index (κ2) is 5.74. The zero-order valence-corrected chi connectivity index (χ0v) is 11.6. The van der Waals surface area contributed by atoms with Crippen molar-refractivity contribution >= 4 is 28.1 Å². The summed E-state index contributed by atoms with van der Waals surface area (Å²) in [5.41, 5.74) is -0.0997. The summed E-state index contributed by atoms with van der Waals surface area (Å²) < 4.78 is 1.37. The molecule has 0 aliphatic rings. The molecule has 0 radical (unpaired) electrons. The first-order valence-electron chi connectivity index (χ1n) is 5.73. The summed E-state index contributed by atoms with van der Waals surface area (Å²) in [6.45, 7) is 3.74. The summed E-state index contributed by atoms with van der Waals surface area (Å²) in [4.78, 5) is 21.9. The maximum absolute atomic E-state index is 11.9. The summed E-state index contributed by atoms with van der Waals surface area (Å²) in [6, 6.07) is 0. The van der Waals surface area contributed by atoms with E-state index in [4.69, 9.17) is 0 Å². The van der Waals surface area contributed by atoms with Crippen LogP contribution in [0.5, 0.6) is 0 Å². The van der Waals surface area contributed by atoms with Crippen LogP contribution in [0.1, 0.15) is 11.9 Å². The topological polar surface area (TPSA) is 116 Å². The van der Waals surface area contributed by atoms with Gasteiger partial charge in [0.05, 0.1) is 17.4 Å². The van der Waals surface area contributed by atoms with Crippen LogP contribution >= 0.6 is 11.3 Å². The molecule has 2 heterocycles. The van der Waals surface area contributed by atoms with Crippen LogP contribution in [0.3, 0.4) is 0 Å². The van der Waals surface area contributed by atoms with Crippen molar-refractivity contribution in [3.63, 3.8) is 0 Å². The number of amides is 1. The van der Waals surface area contributed by atoms with E-state index in [1.807, 2.05) is 0 Å². The molecule has 0 aromatic carbocycles. The molecule has 0 bridgehead atoms. The van der Waals surface area contributed by atoms with Crippen molar-refractivity contribution in [2.24, 2.45) is 5.92 Å². The lowest BCUT2D eigenvalue weighted by atomic mass is 10.1. The zero-order valence-electron chi connectivity index (χ0n) is 10.8. The van der Waals surface area contributed by atoms with Crippen LogP contribution in [0.2, 0.25) is 0 Å². The molecule has 10 heteroatoms. The van der Waals surface area contributed by atoms with Gasteiger partial charge in [0, 0.05) is 0 Å². The van der Waals surface area contributed by atoms with Crippen molar-refractivity contribution in [2.75, 3.05) is 5.32 Å². The Labute approximate surface area is 117 Å². The summed E-state index contributed by atoms with van der Waals surface area (Å²) in [5.74, 6) is -0.641. The average Bonchev–Trinajstić information content (AvgIpc) is 2.98. The molecule has 2 aromatic heterocycles. The molecular formula is C10H12N6O3S. The van der Waals surface area contributed by atoms with Crippen molar-refractivity contribution < 1.29 is 9.72 Å². The third-order valence-corrected chi connectivity index (χ3v) is 3.25. The maximum atomic E-state index is 11.9. The molecule has 106 valence electrons. The normalized spacial score (nSPS) is 12.1. The van der Waals surface area contributed by atoms with Crippen LogP contribution < -0.4 is 5.32 Å². The van der Waals surface area contributed by atoms with Crippen LogP contribution in [0.15, 0.2) is 12.4 Å². The quantitative estimate of drug-likeness (QED) is 0.655. The molecule has 2 aromatic rings. The van der Waals surface area contributed by atoms with Gasteiger partial charge < -0.3 is 5.32 Å². The van der Waals surface area contributed by atoms with E-state index in [2.05, 4.69) is 20.6 Å². The second-order valence-electron chi connectivity index (χ2n) is 4.19. The highest BCUT2D eigenvalue weighted by Gasteiger charge is 2.17. The monoisotopic (exact) mass is 296 g/mol. The number of hydrogen-bond acceptors (Lipinski definition) is 7. The van der Waals surface area contributed by atoms with E-state index in [0.717, 1.165) is 11.2 Å². The van der Waals surface area contributed by atoms with Gasteiger partial charge in [-0.2, -0.15) is 5.10 Å². The van der Waals surface area contributed by atoms with E-state index in [9.17, 15) is 14.9 Å². The lowest BCUT2D eigenvalue weighted by Gasteiger charge is -2.09. The fourth-order valence-electron chi connectivity index (χ4n) is 1.49. The number of hydrogen-bond donors (Lipinski definition) is 1. The van der Waals surface area contributed by atoms with Gasteiger partial charge in [0.15, 0.2) is 0 Å². The van der Waals surface area contributed by atoms with Gasteiger partial charge in [0.2, 0.25) is 11.0 Å². The smallest absolute Gasteiger partial charge is 0.300 e. The minimum Gasteiger partial charge on any atom is -0.300 e. The highest BCUT2D eigenvalue weighted by atomic mass is 32.1. The number of anilines is 1. The molecular weight excluding hydrogens is 284 g/mol. The Balaban J connectivity index is 1.94. The van der Waals surface area contributed by atoms with Gasteiger partial charge >= 0.3 is 5.69 Å². The number of aromatic nitrogens is 4. The molecule has 0 spiro atoms. The minimum atomic E-state index is -0.530. The molecule has 0 aliphatic carbocycles. The van der Waals surface area contributed by atoms with Crippen molar-refractivity contribution in [1.29, 1.82) is 0 Å². The predicted octanol–water partition coefficient (Wildman–Crippen LogP) is 1.23. The number of nitrogens with one attached hydrogen (secondary N) is 1. The van der Waals surface area contributed by atoms with Gasteiger partial charge in [0.1, 0.15) is 17.4 Å². The van der Waals surface area contributed by atoms with E-state index in [1.165, 1.54) is 22.2 Å². The highest BCUT2D eigenvalue weighted by molar-refractivity contribution is 7.15. The molecule has 1 N–H and O–H groups in total. The van der Waals surface area contributed by atoms with Gasteiger partial charge in [-0.15, -0.1) is 10.2 Å². The third-order valence-electron chi connectivity index (χ3n) is 2.50. The van der Waals surface area contributed by atoms with Gasteiger partial charge in [0.25, 0.3) is 0 Å². The lowest BCUT2D eigenvalue weighted by Crippen LogP contribution is -2.24. The highest BCUT2D eigenvalue weighted by Crippen LogP contribution is 2.15. The van der Waals surface area contributed by atoms with Crippen molar-refractivity contribution in [1.82, 2.24) is 20.0 Å². The number of aryl methyl sites for hydroxylation is 1. The molecule has 2 rings (SSSR count). The van der Waals surface area contributed by atoms with Crippen molar-refractivity contribution in [3.8, 4) is 0 Å². The second-order valence-corrected chi connectivity index (χ2v) is 5.38. The molecule has 0 saturated heterocycles. The van der Waals surface area contributed by atoms with Crippen molar-refractivity contribution in [2.45, 2.75) is 20.4 Å². The summed E-state index contributed by atoms with van der Waals surface area (Å²) >= 11 is 1.28. The molecule has 0 aliphatic heterocycles. The first kappa shape index (κ1) is 14.1. The van der Waals surface area contributed by atoms with Crippen LogP contribution in [0.4, 0.5) is 10.8 Å². The molecule has 1 amide bonds. The van der Waals surface area contributed by atoms with E-state index < -0.39 is 10.8 Å². The number of rotatable bonds is 5. The Morgan fingerprint density at radius 2 is 2.35 bits per heavy atom. The summed E-state index contributed by atoms with van der Waals surface area (Å²) in [7, 11) is 0. The third kappa shape index (κ3) is 3.35. The maximum Gasteiger partial charge on any atom is 0.306 e. The molecule has 1 atom stereocenters. The molecule has 0 saturated carbocycles. The SMILES string of the molecule is Cc1nnc(NC(=O)[C@@H](C)Cn2cc([N+](=O)[O-])cn2)s1. The van der Waals surface area contributed by atoms with Gasteiger partial charge in [-0.3, -0.25) is 19.6 Å². The fourth-order valence-corrected chi connectivity index (χ4v) is 2.08. The molecule has 0 unspecified atom stereocenters.